The predicted molar refractivity (Wildman–Crippen MR) is 66.2 cm³/mol. The molecule has 0 saturated carbocycles. The van der Waals surface area contributed by atoms with Crippen LogP contribution in [0.15, 0.2) is 0 Å². The van der Waals surface area contributed by atoms with E-state index in [4.69, 9.17) is 5.11 Å². The van der Waals surface area contributed by atoms with E-state index in [1.807, 2.05) is 18.5 Å². The molecule has 0 spiro atoms. The van der Waals surface area contributed by atoms with Crippen molar-refractivity contribution in [2.75, 3.05) is 7.05 Å². The van der Waals surface area contributed by atoms with Crippen molar-refractivity contribution in [1.82, 2.24) is 15.1 Å². The SMILES string of the molecule is CCc1c(C)nn(CCC(NC)C(=O)O)c1C. The minimum absolute atomic E-state index is 0.510. The van der Waals surface area contributed by atoms with E-state index in [0.29, 0.717) is 13.0 Å². The quantitative estimate of drug-likeness (QED) is 0.780. The molecule has 1 atom stereocenters. The van der Waals surface area contributed by atoms with Crippen LogP contribution in [0.25, 0.3) is 0 Å². The van der Waals surface area contributed by atoms with Gasteiger partial charge in [-0.15, -0.1) is 0 Å². The molecule has 0 aromatic carbocycles. The number of carboxylic acids is 1. The van der Waals surface area contributed by atoms with Gasteiger partial charge in [-0.3, -0.25) is 9.48 Å². The van der Waals surface area contributed by atoms with E-state index in [0.717, 1.165) is 17.8 Å². The van der Waals surface area contributed by atoms with E-state index >= 15 is 0 Å². The van der Waals surface area contributed by atoms with Crippen LogP contribution in [0.4, 0.5) is 0 Å². The normalized spacial score (nSPS) is 12.7. The maximum absolute atomic E-state index is 10.9. The predicted octanol–water partition coefficient (Wildman–Crippen LogP) is 1.13. The minimum atomic E-state index is -0.815. The number of nitrogens with zero attached hydrogens (tertiary/aromatic N) is 2. The van der Waals surface area contributed by atoms with E-state index in [2.05, 4.69) is 17.3 Å². The zero-order chi connectivity index (χ0) is 13.0. The van der Waals surface area contributed by atoms with Crippen LogP contribution >= 0.6 is 0 Å². The van der Waals surface area contributed by atoms with Gasteiger partial charge in [-0.05, 0) is 39.3 Å². The van der Waals surface area contributed by atoms with Crippen molar-refractivity contribution in [2.45, 2.75) is 46.2 Å². The molecule has 17 heavy (non-hydrogen) atoms. The van der Waals surface area contributed by atoms with Crippen molar-refractivity contribution < 1.29 is 9.90 Å². The summed E-state index contributed by atoms with van der Waals surface area (Å²) in [5.74, 6) is -0.815. The third kappa shape index (κ3) is 3.06. The summed E-state index contributed by atoms with van der Waals surface area (Å²) in [6.07, 6.45) is 1.50. The molecule has 0 fully saturated rings. The zero-order valence-electron chi connectivity index (χ0n) is 10.9. The number of nitrogens with one attached hydrogen (secondary N) is 1. The molecule has 1 unspecified atom stereocenters. The molecule has 2 N–H and O–H groups in total. The van der Waals surface area contributed by atoms with Crippen LogP contribution in [0, 0.1) is 13.8 Å². The van der Waals surface area contributed by atoms with Gasteiger partial charge in [-0.1, -0.05) is 6.92 Å². The monoisotopic (exact) mass is 239 g/mol. The van der Waals surface area contributed by atoms with Gasteiger partial charge in [0.05, 0.1) is 5.69 Å². The average molecular weight is 239 g/mol. The molecule has 0 amide bonds. The molecular weight excluding hydrogens is 218 g/mol. The second kappa shape index (κ2) is 5.82. The summed E-state index contributed by atoms with van der Waals surface area (Å²) in [7, 11) is 1.66. The molecule has 0 saturated heterocycles. The van der Waals surface area contributed by atoms with E-state index in [9.17, 15) is 4.79 Å². The Kier molecular flexibility index (Phi) is 4.69. The van der Waals surface area contributed by atoms with Gasteiger partial charge < -0.3 is 10.4 Å². The fraction of sp³-hybridized carbons (Fsp3) is 0.667. The average Bonchev–Trinajstić information content (AvgIpc) is 2.54. The van der Waals surface area contributed by atoms with Crippen LogP contribution in [-0.2, 0) is 17.8 Å². The van der Waals surface area contributed by atoms with Gasteiger partial charge >= 0.3 is 5.97 Å². The summed E-state index contributed by atoms with van der Waals surface area (Å²) in [5, 5.41) is 16.2. The van der Waals surface area contributed by atoms with Gasteiger partial charge in [0.15, 0.2) is 0 Å². The third-order valence-corrected chi connectivity index (χ3v) is 3.16. The standard InChI is InChI=1S/C12H21N3O2/c1-5-10-8(2)14-15(9(10)3)7-6-11(13-4)12(16)17/h11,13H,5-7H2,1-4H3,(H,16,17). The molecule has 1 aromatic heterocycles. The van der Waals surface area contributed by atoms with Crippen LogP contribution in [0.1, 0.15) is 30.3 Å². The molecule has 5 nitrogen and oxygen atoms in total. The summed E-state index contributed by atoms with van der Waals surface area (Å²) in [6, 6.07) is -0.510. The van der Waals surface area contributed by atoms with Crippen molar-refractivity contribution in [1.29, 1.82) is 0 Å². The Labute approximate surface area is 102 Å². The lowest BCUT2D eigenvalue weighted by Gasteiger charge is -2.11. The van der Waals surface area contributed by atoms with Gasteiger partial charge in [0.25, 0.3) is 0 Å². The van der Waals surface area contributed by atoms with Crippen LogP contribution in [0.5, 0.6) is 0 Å². The Balaban J connectivity index is 2.72. The Morgan fingerprint density at radius 3 is 2.59 bits per heavy atom. The largest absolute Gasteiger partial charge is 0.480 e. The molecule has 0 radical (unpaired) electrons. The summed E-state index contributed by atoms with van der Waals surface area (Å²) < 4.78 is 1.90. The lowest BCUT2D eigenvalue weighted by Crippen LogP contribution is -2.34. The maximum Gasteiger partial charge on any atom is 0.320 e. The van der Waals surface area contributed by atoms with Crippen molar-refractivity contribution in [3.63, 3.8) is 0 Å². The molecule has 1 rings (SSSR count). The van der Waals surface area contributed by atoms with E-state index in [-0.39, 0.29) is 0 Å². The highest BCUT2D eigenvalue weighted by Crippen LogP contribution is 2.14. The lowest BCUT2D eigenvalue weighted by atomic mass is 10.1. The highest BCUT2D eigenvalue weighted by atomic mass is 16.4. The molecule has 0 aliphatic carbocycles. The number of aromatic nitrogens is 2. The smallest absolute Gasteiger partial charge is 0.320 e. The molecular formula is C12H21N3O2. The van der Waals surface area contributed by atoms with Crippen molar-refractivity contribution in [3.05, 3.63) is 17.0 Å². The third-order valence-electron chi connectivity index (χ3n) is 3.16. The Morgan fingerprint density at radius 1 is 1.53 bits per heavy atom. The first-order valence-corrected chi connectivity index (χ1v) is 5.94. The maximum atomic E-state index is 10.9. The van der Waals surface area contributed by atoms with Crippen LogP contribution in [0.2, 0.25) is 0 Å². The fourth-order valence-electron chi connectivity index (χ4n) is 2.11. The van der Waals surface area contributed by atoms with Gasteiger partial charge in [-0.25, -0.2) is 0 Å². The van der Waals surface area contributed by atoms with Crippen LogP contribution in [-0.4, -0.2) is 33.9 Å². The van der Waals surface area contributed by atoms with Gasteiger partial charge in [0, 0.05) is 12.2 Å². The minimum Gasteiger partial charge on any atom is -0.480 e. The number of aliphatic carboxylic acids is 1. The fourth-order valence-corrected chi connectivity index (χ4v) is 2.11. The van der Waals surface area contributed by atoms with Crippen molar-refractivity contribution >= 4 is 5.97 Å². The Morgan fingerprint density at radius 2 is 2.18 bits per heavy atom. The van der Waals surface area contributed by atoms with E-state index in [1.54, 1.807) is 7.05 Å². The van der Waals surface area contributed by atoms with E-state index < -0.39 is 12.0 Å². The summed E-state index contributed by atoms with van der Waals surface area (Å²) in [6.45, 7) is 6.77. The topological polar surface area (TPSA) is 67.2 Å². The number of carboxylic acid groups (broad SMARTS) is 1. The van der Waals surface area contributed by atoms with Gasteiger partial charge in [0.2, 0.25) is 0 Å². The van der Waals surface area contributed by atoms with Crippen molar-refractivity contribution in [2.24, 2.45) is 0 Å². The number of rotatable bonds is 6. The molecule has 96 valence electrons. The lowest BCUT2D eigenvalue weighted by molar-refractivity contribution is -0.139. The molecule has 1 aromatic rings. The summed E-state index contributed by atoms with van der Waals surface area (Å²) in [4.78, 5) is 10.9. The zero-order valence-corrected chi connectivity index (χ0v) is 10.9. The molecule has 0 bridgehead atoms. The molecule has 0 aliphatic rings. The second-order valence-corrected chi connectivity index (χ2v) is 4.19. The first-order chi connectivity index (χ1) is 8.01. The molecule has 0 aliphatic heterocycles. The first-order valence-electron chi connectivity index (χ1n) is 5.94. The molecule has 1 heterocycles. The molecule has 5 heteroatoms. The van der Waals surface area contributed by atoms with Crippen LogP contribution in [0.3, 0.4) is 0 Å². The number of likely N-dealkylation sites (N-methyl/N-ethyl adjacent to an activating group) is 1. The highest BCUT2D eigenvalue weighted by Gasteiger charge is 2.16. The van der Waals surface area contributed by atoms with Crippen LogP contribution < -0.4 is 5.32 Å². The highest BCUT2D eigenvalue weighted by molar-refractivity contribution is 5.73. The first kappa shape index (κ1) is 13.7. The van der Waals surface area contributed by atoms with E-state index in [1.165, 1.54) is 5.56 Å². The summed E-state index contributed by atoms with van der Waals surface area (Å²) >= 11 is 0. The second-order valence-electron chi connectivity index (χ2n) is 4.19. The number of hydrogen-bond acceptors (Lipinski definition) is 3. The van der Waals surface area contributed by atoms with Gasteiger partial charge in [0.1, 0.15) is 6.04 Å². The number of aryl methyl sites for hydroxylation is 2. The van der Waals surface area contributed by atoms with Crippen molar-refractivity contribution in [3.8, 4) is 0 Å². The number of carbonyl (C=O) groups is 1. The Hall–Kier alpha value is -1.36. The van der Waals surface area contributed by atoms with Gasteiger partial charge in [-0.2, -0.15) is 5.10 Å². The Bertz CT molecular complexity index is 399. The summed E-state index contributed by atoms with van der Waals surface area (Å²) in [5.41, 5.74) is 3.45. The number of hydrogen-bond donors (Lipinski definition) is 2.